The highest BCUT2D eigenvalue weighted by molar-refractivity contribution is 7.93. The molecule has 1 unspecified atom stereocenters. The molecule has 11 nitrogen and oxygen atoms in total. The number of carbonyl (C=O) groups excluding carboxylic acids is 1. The zero-order valence-electron chi connectivity index (χ0n) is 26.0. The molecule has 0 saturated carbocycles. The van der Waals surface area contributed by atoms with Crippen molar-refractivity contribution in [3.63, 3.8) is 0 Å². The highest BCUT2D eigenvalue weighted by Crippen LogP contribution is 2.57. The molecule has 3 aliphatic rings. The Morgan fingerprint density at radius 1 is 1.02 bits per heavy atom. The Hall–Kier alpha value is -3.94. The Balaban J connectivity index is 1.50. The molecule has 0 radical (unpaired) electrons. The molecule has 7 rings (SSSR count). The average molecular weight is 679 g/mol. The number of amides is 1. The fourth-order valence-corrected chi connectivity index (χ4v) is 8.92. The smallest absolute Gasteiger partial charge is 0.271 e. The molecule has 0 spiro atoms. The van der Waals surface area contributed by atoms with E-state index < -0.39 is 33.6 Å². The number of sulfonamides is 1. The Kier molecular flexibility index (Phi) is 8.25. The second-order valence-corrected chi connectivity index (χ2v) is 14.3. The first-order valence-corrected chi connectivity index (χ1v) is 17.3. The van der Waals surface area contributed by atoms with E-state index in [4.69, 9.17) is 25.5 Å². The third kappa shape index (κ3) is 5.19. The van der Waals surface area contributed by atoms with E-state index in [0.717, 1.165) is 35.8 Å². The topological polar surface area (TPSA) is 126 Å². The van der Waals surface area contributed by atoms with Crippen molar-refractivity contribution in [3.05, 3.63) is 101 Å². The maximum atomic E-state index is 15.5. The number of carbonyl (C=O) groups is 1. The maximum absolute atomic E-state index is 15.5. The molecule has 2 saturated heterocycles. The van der Waals surface area contributed by atoms with Gasteiger partial charge in [0.15, 0.2) is 5.54 Å². The van der Waals surface area contributed by atoms with Crippen LogP contribution in [0.5, 0.6) is 11.5 Å². The molecule has 4 aromatic rings. The Morgan fingerprint density at radius 2 is 1.79 bits per heavy atom. The van der Waals surface area contributed by atoms with Crippen LogP contribution in [0.3, 0.4) is 0 Å². The number of nitrogens with zero attached hydrogens (tertiary/aromatic N) is 4. The summed E-state index contributed by atoms with van der Waals surface area (Å²) in [6, 6.07) is 15.6. The summed E-state index contributed by atoms with van der Waals surface area (Å²) in [5.41, 5.74) is 0.0395. The predicted octanol–water partition coefficient (Wildman–Crippen LogP) is 4.73. The van der Waals surface area contributed by atoms with Gasteiger partial charge in [-0.15, -0.1) is 0 Å². The first-order chi connectivity index (χ1) is 22.7. The molecule has 47 heavy (non-hydrogen) atoms. The summed E-state index contributed by atoms with van der Waals surface area (Å²) in [5, 5.41) is 11.5. The molecule has 0 aliphatic carbocycles. The number of benzene rings is 3. The lowest BCUT2D eigenvalue weighted by molar-refractivity contribution is -0.127. The van der Waals surface area contributed by atoms with Crippen molar-refractivity contribution in [1.29, 1.82) is 0 Å². The third-order valence-corrected chi connectivity index (χ3v) is 11.3. The fourth-order valence-electron chi connectivity index (χ4n) is 7.28. The van der Waals surface area contributed by atoms with E-state index in [1.165, 1.54) is 50.9 Å². The number of fused-ring (bicyclic) bond motifs is 1. The average Bonchev–Trinajstić information content (AvgIpc) is 3.88. The van der Waals surface area contributed by atoms with Gasteiger partial charge in [-0.25, -0.2) is 17.7 Å². The lowest BCUT2D eigenvalue weighted by Crippen LogP contribution is -2.55. The second-order valence-electron chi connectivity index (χ2n) is 12.1. The first kappa shape index (κ1) is 31.6. The highest BCUT2D eigenvalue weighted by Gasteiger charge is 2.63. The zero-order chi connectivity index (χ0) is 32.9. The van der Waals surface area contributed by atoms with E-state index >= 15 is 4.79 Å². The monoisotopic (exact) mass is 678 g/mol. The number of likely N-dealkylation sites (tertiary alicyclic amines) is 2. The largest absolute Gasteiger partial charge is 0.497 e. The zero-order valence-corrected chi connectivity index (χ0v) is 27.6. The Morgan fingerprint density at radius 3 is 2.47 bits per heavy atom. The van der Waals surface area contributed by atoms with Crippen LogP contribution in [0.25, 0.3) is 0 Å². The van der Waals surface area contributed by atoms with Gasteiger partial charge in [-0.3, -0.25) is 14.6 Å². The molecular formula is C34H35ClN4O7S. The summed E-state index contributed by atoms with van der Waals surface area (Å²) in [6.07, 6.45) is 4.49. The molecule has 3 atom stereocenters. The van der Waals surface area contributed by atoms with Gasteiger partial charge in [0.25, 0.3) is 15.9 Å². The van der Waals surface area contributed by atoms with Gasteiger partial charge in [-0.05, 0) is 92.5 Å². The first-order valence-electron chi connectivity index (χ1n) is 15.5. The number of anilines is 1. The minimum Gasteiger partial charge on any atom is -0.497 e. The molecule has 1 N–H and O–H groups in total. The molecule has 1 amide bonds. The number of hydrogen-bond donors (Lipinski definition) is 1. The standard InChI is InChI=1S/C34H35ClN4O7S/c1-44-25-7-9-26(10-8-25)47(42,43)39-29-11-6-23(35)18-27(29)34(33(39)41,38-21-24(40)19-30(38)32-36-13-16-46-32)28-17-22(5-12-31(28)45-2)20-37-14-3-4-15-37/h5-13,16-18,24,30,40H,3-4,14-15,19-21H2,1-2H3/t24-,30+,34?/m1/s1. The van der Waals surface area contributed by atoms with E-state index in [1.807, 2.05) is 18.2 Å². The molecule has 3 aromatic carbocycles. The van der Waals surface area contributed by atoms with E-state index in [2.05, 4.69) is 9.88 Å². The van der Waals surface area contributed by atoms with Crippen LogP contribution in [0.2, 0.25) is 5.02 Å². The predicted molar refractivity (Wildman–Crippen MR) is 174 cm³/mol. The summed E-state index contributed by atoms with van der Waals surface area (Å²) in [4.78, 5) is 24.0. The fraction of sp³-hybridized carbons (Fsp3) is 0.353. The van der Waals surface area contributed by atoms with Gasteiger partial charge >= 0.3 is 0 Å². The SMILES string of the molecule is COc1ccc(S(=O)(=O)N2C(=O)C(c3cc(CN4CCCC4)ccc3OC)(N3C[C@H](O)C[C@H]3c3ncco3)c3cc(Cl)ccc32)cc1. The number of β-amino-alcohol motifs (C(OH)–C–C–N with tert-alkyl or cyclic N) is 1. The third-order valence-electron chi connectivity index (χ3n) is 9.36. The minimum absolute atomic E-state index is 0.0146. The van der Waals surface area contributed by atoms with Crippen LogP contribution in [-0.4, -0.2) is 74.2 Å². The number of oxazole rings is 1. The van der Waals surface area contributed by atoms with Gasteiger partial charge in [0.1, 0.15) is 17.8 Å². The molecule has 4 heterocycles. The van der Waals surface area contributed by atoms with E-state index in [1.54, 1.807) is 23.1 Å². The lowest BCUT2D eigenvalue weighted by Gasteiger charge is -2.41. The van der Waals surface area contributed by atoms with Crippen LogP contribution < -0.4 is 13.8 Å². The van der Waals surface area contributed by atoms with Gasteiger partial charge in [0, 0.05) is 29.2 Å². The van der Waals surface area contributed by atoms with Crippen molar-refractivity contribution < 1.29 is 32.2 Å². The van der Waals surface area contributed by atoms with Crippen molar-refractivity contribution in [2.45, 2.75) is 48.4 Å². The quantitative estimate of drug-likeness (QED) is 0.266. The van der Waals surface area contributed by atoms with Crippen LogP contribution >= 0.6 is 11.6 Å². The van der Waals surface area contributed by atoms with Gasteiger partial charge in [-0.1, -0.05) is 17.7 Å². The van der Waals surface area contributed by atoms with Crippen LogP contribution in [0, 0.1) is 0 Å². The minimum atomic E-state index is -4.47. The maximum Gasteiger partial charge on any atom is 0.271 e. The van der Waals surface area contributed by atoms with E-state index in [-0.39, 0.29) is 23.5 Å². The van der Waals surface area contributed by atoms with Crippen molar-refractivity contribution in [3.8, 4) is 11.5 Å². The number of aromatic nitrogens is 1. The molecule has 246 valence electrons. The highest BCUT2D eigenvalue weighted by atomic mass is 35.5. The summed E-state index contributed by atoms with van der Waals surface area (Å²) in [6.45, 7) is 2.58. The van der Waals surface area contributed by atoms with Crippen LogP contribution in [-0.2, 0) is 26.9 Å². The van der Waals surface area contributed by atoms with Gasteiger partial charge < -0.3 is 19.0 Å². The lowest BCUT2D eigenvalue weighted by atomic mass is 9.80. The normalized spacial score (nSPS) is 23.4. The molecule has 13 heteroatoms. The van der Waals surface area contributed by atoms with Crippen LogP contribution in [0.1, 0.15) is 47.9 Å². The molecular weight excluding hydrogens is 644 g/mol. The summed E-state index contributed by atoms with van der Waals surface area (Å²) in [7, 11) is -1.47. The molecule has 0 bridgehead atoms. The Bertz CT molecular complexity index is 1900. The van der Waals surface area contributed by atoms with Gasteiger partial charge in [-0.2, -0.15) is 0 Å². The summed E-state index contributed by atoms with van der Waals surface area (Å²) < 4.78 is 46.9. The number of aliphatic hydroxyl groups excluding tert-OH is 1. The van der Waals surface area contributed by atoms with Crippen LogP contribution in [0.4, 0.5) is 5.69 Å². The van der Waals surface area contributed by atoms with Crippen molar-refractivity contribution >= 4 is 33.2 Å². The van der Waals surface area contributed by atoms with Crippen molar-refractivity contribution in [2.24, 2.45) is 0 Å². The van der Waals surface area contributed by atoms with Crippen LogP contribution in [0.15, 0.2) is 82.4 Å². The van der Waals surface area contributed by atoms with Crippen molar-refractivity contribution in [1.82, 2.24) is 14.8 Å². The molecule has 3 aliphatic heterocycles. The summed E-state index contributed by atoms with van der Waals surface area (Å²) in [5.74, 6) is 0.386. The molecule has 2 fully saturated rings. The number of aliphatic hydroxyl groups is 1. The second kappa shape index (κ2) is 12.3. The number of methoxy groups -OCH3 is 2. The van der Waals surface area contributed by atoms with Gasteiger partial charge in [0.05, 0.1) is 43.1 Å². The van der Waals surface area contributed by atoms with Gasteiger partial charge in [0.2, 0.25) is 5.89 Å². The van der Waals surface area contributed by atoms with Crippen molar-refractivity contribution in [2.75, 3.05) is 38.2 Å². The summed E-state index contributed by atoms with van der Waals surface area (Å²) >= 11 is 6.66. The number of rotatable bonds is 9. The number of hydrogen-bond acceptors (Lipinski definition) is 10. The molecule has 1 aromatic heterocycles. The number of halogens is 1. The Labute approximate surface area is 278 Å². The van der Waals surface area contributed by atoms with E-state index in [9.17, 15) is 13.5 Å². The number of ether oxygens (including phenoxy) is 2. The van der Waals surface area contributed by atoms with E-state index in [0.29, 0.717) is 40.1 Å².